The van der Waals surface area contributed by atoms with E-state index in [9.17, 15) is 4.79 Å². The topological polar surface area (TPSA) is 71.5 Å². The maximum atomic E-state index is 12.6. The number of carbonyl (C=O) groups is 1. The number of nitrogens with one attached hydrogen (secondary N) is 1. The molecule has 6 heteroatoms. The predicted molar refractivity (Wildman–Crippen MR) is 106 cm³/mol. The van der Waals surface area contributed by atoms with Crippen LogP contribution in [0.25, 0.3) is 11.3 Å². The molecule has 1 amide bonds. The Hall–Kier alpha value is -2.86. The Morgan fingerprint density at radius 1 is 1.14 bits per heavy atom. The molecule has 0 radical (unpaired) electrons. The van der Waals surface area contributed by atoms with Crippen molar-refractivity contribution in [2.24, 2.45) is 0 Å². The standard InChI is InChI=1S/C22H25N3O3/c1-16-10-11-20(27-16)19(25-12-6-3-7-13-25)15-23-22(26)18-14-21(28-24-18)17-8-4-2-5-9-17/h2,4-5,8-11,14,19H,3,6-7,12-13,15H2,1H3,(H,23,26)/t19-/m1/s1. The van der Waals surface area contributed by atoms with E-state index < -0.39 is 0 Å². The number of carbonyl (C=O) groups excluding carboxylic acids is 1. The molecule has 2 aromatic heterocycles. The lowest BCUT2D eigenvalue weighted by Gasteiger charge is -2.33. The van der Waals surface area contributed by atoms with E-state index in [0.29, 0.717) is 12.3 Å². The minimum Gasteiger partial charge on any atom is -0.465 e. The van der Waals surface area contributed by atoms with E-state index in [1.165, 1.54) is 19.3 Å². The lowest BCUT2D eigenvalue weighted by atomic mass is 10.1. The van der Waals surface area contributed by atoms with Crippen LogP contribution in [0.15, 0.2) is 57.5 Å². The van der Waals surface area contributed by atoms with Crippen LogP contribution in [0.5, 0.6) is 0 Å². The van der Waals surface area contributed by atoms with Crippen molar-refractivity contribution in [2.45, 2.75) is 32.2 Å². The molecule has 0 bridgehead atoms. The van der Waals surface area contributed by atoms with Crippen LogP contribution in [0, 0.1) is 6.92 Å². The van der Waals surface area contributed by atoms with E-state index in [-0.39, 0.29) is 17.6 Å². The number of likely N-dealkylation sites (tertiary alicyclic amines) is 1. The van der Waals surface area contributed by atoms with Crippen LogP contribution >= 0.6 is 0 Å². The van der Waals surface area contributed by atoms with Crippen LogP contribution in [-0.4, -0.2) is 35.6 Å². The molecule has 1 aliphatic heterocycles. The third-order valence-electron chi connectivity index (χ3n) is 5.18. The van der Waals surface area contributed by atoms with Gasteiger partial charge in [0, 0.05) is 18.2 Å². The molecular weight excluding hydrogens is 354 g/mol. The van der Waals surface area contributed by atoms with Gasteiger partial charge in [0.1, 0.15) is 11.5 Å². The molecular formula is C22H25N3O3. The second-order valence-electron chi connectivity index (χ2n) is 7.21. The number of rotatable bonds is 6. The van der Waals surface area contributed by atoms with E-state index in [1.807, 2.05) is 49.4 Å². The fourth-order valence-electron chi connectivity index (χ4n) is 3.67. The van der Waals surface area contributed by atoms with Gasteiger partial charge in [-0.2, -0.15) is 0 Å². The quantitative estimate of drug-likeness (QED) is 0.695. The third-order valence-corrected chi connectivity index (χ3v) is 5.18. The van der Waals surface area contributed by atoms with Gasteiger partial charge in [0.15, 0.2) is 11.5 Å². The largest absolute Gasteiger partial charge is 0.465 e. The Morgan fingerprint density at radius 3 is 2.64 bits per heavy atom. The highest BCUT2D eigenvalue weighted by Gasteiger charge is 2.26. The van der Waals surface area contributed by atoms with Crippen LogP contribution in [0.4, 0.5) is 0 Å². The summed E-state index contributed by atoms with van der Waals surface area (Å²) in [4.78, 5) is 15.0. The molecule has 28 heavy (non-hydrogen) atoms. The van der Waals surface area contributed by atoms with E-state index >= 15 is 0 Å². The summed E-state index contributed by atoms with van der Waals surface area (Å²) < 4.78 is 11.2. The molecule has 0 unspecified atom stereocenters. The Balaban J connectivity index is 1.45. The maximum Gasteiger partial charge on any atom is 0.273 e. The van der Waals surface area contributed by atoms with Gasteiger partial charge in [-0.05, 0) is 45.0 Å². The van der Waals surface area contributed by atoms with Crippen molar-refractivity contribution in [3.63, 3.8) is 0 Å². The number of aromatic nitrogens is 1. The summed E-state index contributed by atoms with van der Waals surface area (Å²) in [5.74, 6) is 2.12. The van der Waals surface area contributed by atoms with Crippen molar-refractivity contribution in [3.8, 4) is 11.3 Å². The fraction of sp³-hybridized carbons (Fsp3) is 0.364. The zero-order chi connectivity index (χ0) is 19.3. The summed E-state index contributed by atoms with van der Waals surface area (Å²) in [6.07, 6.45) is 3.61. The number of aryl methyl sites for hydroxylation is 1. The summed E-state index contributed by atoms with van der Waals surface area (Å²) in [7, 11) is 0. The van der Waals surface area contributed by atoms with Gasteiger partial charge in [0.25, 0.3) is 5.91 Å². The molecule has 1 aromatic carbocycles. The van der Waals surface area contributed by atoms with Crippen LogP contribution in [0.2, 0.25) is 0 Å². The zero-order valence-corrected chi connectivity index (χ0v) is 16.1. The van der Waals surface area contributed by atoms with E-state index in [0.717, 1.165) is 30.2 Å². The first kappa shape index (κ1) is 18.5. The molecule has 0 saturated carbocycles. The Bertz CT molecular complexity index is 910. The number of benzene rings is 1. The van der Waals surface area contributed by atoms with Crippen molar-refractivity contribution in [3.05, 3.63) is 65.7 Å². The zero-order valence-electron chi connectivity index (χ0n) is 16.1. The Labute approximate surface area is 164 Å². The van der Waals surface area contributed by atoms with Crippen molar-refractivity contribution >= 4 is 5.91 Å². The number of hydrogen-bond acceptors (Lipinski definition) is 5. The number of piperidine rings is 1. The number of hydrogen-bond donors (Lipinski definition) is 1. The first-order valence-corrected chi connectivity index (χ1v) is 9.81. The highest BCUT2D eigenvalue weighted by molar-refractivity contribution is 5.93. The fourth-order valence-corrected chi connectivity index (χ4v) is 3.67. The molecule has 4 rings (SSSR count). The van der Waals surface area contributed by atoms with Crippen molar-refractivity contribution in [2.75, 3.05) is 19.6 Å². The molecule has 1 fully saturated rings. The number of nitrogens with zero attached hydrogens (tertiary/aromatic N) is 2. The molecule has 146 valence electrons. The van der Waals surface area contributed by atoms with Gasteiger partial charge in [-0.1, -0.05) is 41.9 Å². The highest BCUT2D eigenvalue weighted by Crippen LogP contribution is 2.26. The lowest BCUT2D eigenvalue weighted by Crippen LogP contribution is -2.40. The molecule has 0 aliphatic carbocycles. The van der Waals surface area contributed by atoms with Gasteiger partial charge < -0.3 is 14.3 Å². The molecule has 1 N–H and O–H groups in total. The molecule has 0 spiro atoms. The summed E-state index contributed by atoms with van der Waals surface area (Å²) >= 11 is 0. The molecule has 6 nitrogen and oxygen atoms in total. The van der Waals surface area contributed by atoms with Gasteiger partial charge in [-0.3, -0.25) is 9.69 Å². The van der Waals surface area contributed by atoms with Gasteiger partial charge in [0.2, 0.25) is 0 Å². The summed E-state index contributed by atoms with van der Waals surface area (Å²) in [5.41, 5.74) is 1.18. The highest BCUT2D eigenvalue weighted by atomic mass is 16.5. The average molecular weight is 379 g/mol. The minimum absolute atomic E-state index is 0.0263. The summed E-state index contributed by atoms with van der Waals surface area (Å²) in [6, 6.07) is 15.3. The van der Waals surface area contributed by atoms with E-state index in [2.05, 4.69) is 15.4 Å². The van der Waals surface area contributed by atoms with Crippen molar-refractivity contribution < 1.29 is 13.7 Å². The van der Waals surface area contributed by atoms with Gasteiger partial charge >= 0.3 is 0 Å². The summed E-state index contributed by atoms with van der Waals surface area (Å²) in [6.45, 7) is 4.44. The van der Waals surface area contributed by atoms with Crippen LogP contribution in [0.3, 0.4) is 0 Å². The monoisotopic (exact) mass is 379 g/mol. The van der Waals surface area contributed by atoms with Crippen LogP contribution < -0.4 is 5.32 Å². The van der Waals surface area contributed by atoms with Gasteiger partial charge in [0.05, 0.1) is 6.04 Å². The average Bonchev–Trinajstić information content (AvgIpc) is 3.39. The SMILES string of the molecule is Cc1ccc([C@@H](CNC(=O)c2cc(-c3ccccc3)on2)N2CCCCC2)o1. The molecule has 1 saturated heterocycles. The first-order chi connectivity index (χ1) is 13.7. The number of amides is 1. The maximum absolute atomic E-state index is 12.6. The summed E-state index contributed by atoms with van der Waals surface area (Å²) in [5, 5.41) is 6.94. The molecule has 1 atom stereocenters. The third kappa shape index (κ3) is 4.17. The minimum atomic E-state index is -0.240. The van der Waals surface area contributed by atoms with E-state index in [1.54, 1.807) is 6.07 Å². The normalized spacial score (nSPS) is 16.0. The Kier molecular flexibility index (Phi) is 5.58. The van der Waals surface area contributed by atoms with Crippen molar-refractivity contribution in [1.82, 2.24) is 15.4 Å². The molecule has 3 aromatic rings. The second-order valence-corrected chi connectivity index (χ2v) is 7.21. The molecule has 3 heterocycles. The lowest BCUT2D eigenvalue weighted by molar-refractivity contribution is 0.0905. The smallest absolute Gasteiger partial charge is 0.273 e. The van der Waals surface area contributed by atoms with Crippen LogP contribution in [-0.2, 0) is 0 Å². The first-order valence-electron chi connectivity index (χ1n) is 9.81. The second kappa shape index (κ2) is 8.44. The van der Waals surface area contributed by atoms with E-state index in [4.69, 9.17) is 8.94 Å². The van der Waals surface area contributed by atoms with Gasteiger partial charge in [-0.15, -0.1) is 0 Å². The Morgan fingerprint density at radius 2 is 1.93 bits per heavy atom. The number of furan rings is 1. The molecule has 1 aliphatic rings. The van der Waals surface area contributed by atoms with Crippen molar-refractivity contribution in [1.29, 1.82) is 0 Å². The van der Waals surface area contributed by atoms with Gasteiger partial charge in [-0.25, -0.2) is 0 Å². The predicted octanol–water partition coefficient (Wildman–Crippen LogP) is 4.20. The van der Waals surface area contributed by atoms with Crippen LogP contribution in [0.1, 0.15) is 47.3 Å².